The monoisotopic (exact) mass is 153 g/mol. The van der Waals surface area contributed by atoms with E-state index >= 15 is 0 Å². The number of hydrogen-bond acceptors (Lipinski definition) is 1. The number of hydrogen-bond donors (Lipinski definition) is 1. The standard InChI is InChI=1S/C9H12FN/c1-2-9(10)11-8-6-4-3-5-7-8/h3-7,9,11H,2H2,1H3. The lowest BCUT2D eigenvalue weighted by molar-refractivity contribution is 0.363. The van der Waals surface area contributed by atoms with Crippen LogP contribution in [0.1, 0.15) is 13.3 Å². The van der Waals surface area contributed by atoms with Crippen LogP contribution in [0.3, 0.4) is 0 Å². The van der Waals surface area contributed by atoms with Crippen molar-refractivity contribution in [1.29, 1.82) is 0 Å². The second-order valence-corrected chi connectivity index (χ2v) is 2.39. The van der Waals surface area contributed by atoms with Gasteiger partial charge in [-0.25, -0.2) is 4.39 Å². The van der Waals surface area contributed by atoms with Gasteiger partial charge in [-0.2, -0.15) is 0 Å². The van der Waals surface area contributed by atoms with Gasteiger partial charge >= 0.3 is 0 Å². The highest BCUT2D eigenvalue weighted by atomic mass is 19.1. The van der Waals surface area contributed by atoms with Crippen molar-refractivity contribution in [2.75, 3.05) is 5.32 Å². The van der Waals surface area contributed by atoms with Crippen LogP contribution in [0.25, 0.3) is 0 Å². The number of alkyl halides is 1. The molecule has 1 rings (SSSR count). The molecule has 11 heavy (non-hydrogen) atoms. The minimum atomic E-state index is -0.933. The minimum Gasteiger partial charge on any atom is -0.356 e. The molecule has 0 aromatic heterocycles. The fraction of sp³-hybridized carbons (Fsp3) is 0.333. The summed E-state index contributed by atoms with van der Waals surface area (Å²) in [5.41, 5.74) is 0.835. The highest BCUT2D eigenvalue weighted by Crippen LogP contribution is 2.08. The van der Waals surface area contributed by atoms with E-state index in [2.05, 4.69) is 5.32 Å². The molecule has 1 N–H and O–H groups in total. The van der Waals surface area contributed by atoms with E-state index in [0.29, 0.717) is 6.42 Å². The molecule has 2 heteroatoms. The maximum Gasteiger partial charge on any atom is 0.169 e. The summed E-state index contributed by atoms with van der Waals surface area (Å²) in [5, 5.41) is 2.72. The molecule has 0 fully saturated rings. The summed E-state index contributed by atoms with van der Waals surface area (Å²) in [6, 6.07) is 9.37. The molecule has 0 aliphatic rings. The highest BCUT2D eigenvalue weighted by Gasteiger charge is 1.99. The Morgan fingerprint density at radius 3 is 2.55 bits per heavy atom. The second kappa shape index (κ2) is 3.96. The summed E-state index contributed by atoms with van der Waals surface area (Å²) in [7, 11) is 0. The predicted molar refractivity (Wildman–Crippen MR) is 45.3 cm³/mol. The normalized spacial score (nSPS) is 12.5. The molecule has 1 unspecified atom stereocenters. The van der Waals surface area contributed by atoms with Crippen molar-refractivity contribution < 1.29 is 4.39 Å². The van der Waals surface area contributed by atoms with E-state index in [4.69, 9.17) is 0 Å². The third-order valence-corrected chi connectivity index (χ3v) is 1.46. The predicted octanol–water partition coefficient (Wildman–Crippen LogP) is 2.80. The van der Waals surface area contributed by atoms with E-state index in [1.54, 1.807) is 6.92 Å². The molecular formula is C9H12FN. The van der Waals surface area contributed by atoms with E-state index in [-0.39, 0.29) is 0 Å². The molecule has 1 aromatic carbocycles. The van der Waals surface area contributed by atoms with Crippen molar-refractivity contribution in [3.8, 4) is 0 Å². The summed E-state index contributed by atoms with van der Waals surface area (Å²) in [6.07, 6.45) is -0.438. The number of benzene rings is 1. The SMILES string of the molecule is CCC(F)Nc1ccccc1. The molecule has 0 aliphatic heterocycles. The Balaban J connectivity index is 2.51. The molecule has 0 radical (unpaired) electrons. The zero-order chi connectivity index (χ0) is 8.10. The first-order valence-electron chi connectivity index (χ1n) is 3.78. The van der Waals surface area contributed by atoms with Crippen LogP contribution in [0.5, 0.6) is 0 Å². The molecule has 60 valence electrons. The van der Waals surface area contributed by atoms with E-state index in [9.17, 15) is 4.39 Å². The maximum absolute atomic E-state index is 12.7. The Kier molecular flexibility index (Phi) is 2.90. The molecule has 0 heterocycles. The first-order chi connectivity index (χ1) is 5.33. The first-order valence-corrected chi connectivity index (χ1v) is 3.78. The van der Waals surface area contributed by atoms with Crippen molar-refractivity contribution in [1.82, 2.24) is 0 Å². The Labute approximate surface area is 66.2 Å². The average Bonchev–Trinajstić information content (AvgIpc) is 2.06. The lowest BCUT2D eigenvalue weighted by Gasteiger charge is -2.08. The zero-order valence-electron chi connectivity index (χ0n) is 6.55. The zero-order valence-corrected chi connectivity index (χ0v) is 6.55. The lowest BCUT2D eigenvalue weighted by atomic mass is 10.3. The lowest BCUT2D eigenvalue weighted by Crippen LogP contribution is -2.11. The van der Waals surface area contributed by atoms with Gasteiger partial charge in [0.2, 0.25) is 0 Å². The Bertz CT molecular complexity index is 198. The summed E-state index contributed by atoms with van der Waals surface area (Å²) in [6.45, 7) is 1.81. The van der Waals surface area contributed by atoms with Crippen molar-refractivity contribution in [3.05, 3.63) is 30.3 Å². The highest BCUT2D eigenvalue weighted by molar-refractivity contribution is 5.42. The quantitative estimate of drug-likeness (QED) is 0.658. The third-order valence-electron chi connectivity index (χ3n) is 1.46. The number of rotatable bonds is 3. The first kappa shape index (κ1) is 8.05. The van der Waals surface area contributed by atoms with Crippen molar-refractivity contribution in [2.24, 2.45) is 0 Å². The Morgan fingerprint density at radius 1 is 1.36 bits per heavy atom. The van der Waals surface area contributed by atoms with E-state index in [1.165, 1.54) is 0 Å². The summed E-state index contributed by atoms with van der Waals surface area (Å²) in [4.78, 5) is 0. The van der Waals surface area contributed by atoms with Gasteiger partial charge in [0.25, 0.3) is 0 Å². The van der Waals surface area contributed by atoms with Crippen LogP contribution in [-0.2, 0) is 0 Å². The molecule has 0 saturated heterocycles. The largest absolute Gasteiger partial charge is 0.356 e. The molecule has 1 aromatic rings. The average molecular weight is 153 g/mol. The molecule has 1 atom stereocenters. The number of halogens is 1. The summed E-state index contributed by atoms with van der Waals surface area (Å²) >= 11 is 0. The molecule has 0 amide bonds. The van der Waals surface area contributed by atoms with Crippen molar-refractivity contribution >= 4 is 5.69 Å². The van der Waals surface area contributed by atoms with Gasteiger partial charge in [-0.15, -0.1) is 0 Å². The van der Waals surface area contributed by atoms with E-state index in [1.807, 2.05) is 30.3 Å². The van der Waals surface area contributed by atoms with Gasteiger partial charge < -0.3 is 5.32 Å². The summed E-state index contributed by atoms with van der Waals surface area (Å²) in [5.74, 6) is 0. The van der Waals surface area contributed by atoms with Crippen molar-refractivity contribution in [3.63, 3.8) is 0 Å². The van der Waals surface area contributed by atoms with Crippen LogP contribution in [0.15, 0.2) is 30.3 Å². The molecule has 0 saturated carbocycles. The number of para-hydroxylation sites is 1. The van der Waals surface area contributed by atoms with Crippen LogP contribution in [0.2, 0.25) is 0 Å². The smallest absolute Gasteiger partial charge is 0.169 e. The van der Waals surface area contributed by atoms with Gasteiger partial charge in [0, 0.05) is 5.69 Å². The molecule has 1 nitrogen and oxygen atoms in total. The third kappa shape index (κ3) is 2.58. The van der Waals surface area contributed by atoms with Gasteiger partial charge in [-0.1, -0.05) is 25.1 Å². The Morgan fingerprint density at radius 2 is 2.00 bits per heavy atom. The Hall–Kier alpha value is -1.05. The van der Waals surface area contributed by atoms with Gasteiger partial charge in [0.05, 0.1) is 0 Å². The molecular weight excluding hydrogens is 141 g/mol. The fourth-order valence-corrected chi connectivity index (χ4v) is 0.817. The molecule has 0 bridgehead atoms. The minimum absolute atomic E-state index is 0.495. The maximum atomic E-state index is 12.7. The van der Waals surface area contributed by atoms with Gasteiger partial charge in [0.1, 0.15) is 0 Å². The van der Waals surface area contributed by atoms with E-state index < -0.39 is 6.30 Å². The van der Waals surface area contributed by atoms with Crippen molar-refractivity contribution in [2.45, 2.75) is 19.6 Å². The van der Waals surface area contributed by atoms with Gasteiger partial charge in [0.15, 0.2) is 6.30 Å². The van der Waals surface area contributed by atoms with Crippen LogP contribution in [-0.4, -0.2) is 6.30 Å². The van der Waals surface area contributed by atoms with Crippen LogP contribution in [0.4, 0.5) is 10.1 Å². The number of nitrogens with one attached hydrogen (secondary N) is 1. The topological polar surface area (TPSA) is 12.0 Å². The second-order valence-electron chi connectivity index (χ2n) is 2.39. The van der Waals surface area contributed by atoms with Crippen LogP contribution >= 0.6 is 0 Å². The molecule has 0 aliphatic carbocycles. The van der Waals surface area contributed by atoms with Gasteiger partial charge in [-0.05, 0) is 18.6 Å². The number of anilines is 1. The van der Waals surface area contributed by atoms with Crippen LogP contribution < -0.4 is 5.32 Å². The summed E-state index contributed by atoms with van der Waals surface area (Å²) < 4.78 is 12.7. The molecule has 0 spiro atoms. The van der Waals surface area contributed by atoms with Crippen LogP contribution in [0, 0.1) is 0 Å². The van der Waals surface area contributed by atoms with E-state index in [0.717, 1.165) is 5.69 Å². The fourth-order valence-electron chi connectivity index (χ4n) is 0.817. The van der Waals surface area contributed by atoms with Gasteiger partial charge in [-0.3, -0.25) is 0 Å².